The number of hydrogen-bond donors (Lipinski definition) is 0. The second kappa shape index (κ2) is 3.85. The van der Waals surface area contributed by atoms with Crippen molar-refractivity contribution in [3.05, 3.63) is 17.6 Å². The molecule has 0 N–H and O–H groups in total. The maximum absolute atomic E-state index is 5.53. The largest absolute Gasteiger partial charge is 0.339 e. The molecule has 0 bridgehead atoms. The number of aryl methyl sites for hydroxylation is 1. The highest BCUT2D eigenvalue weighted by Crippen LogP contribution is 2.19. The van der Waals surface area contributed by atoms with Crippen LogP contribution in [0.4, 0.5) is 0 Å². The highest BCUT2D eigenvalue weighted by molar-refractivity contribution is 7.13. The highest BCUT2D eigenvalue weighted by Gasteiger charge is 2.08. The van der Waals surface area contributed by atoms with Gasteiger partial charge in [-0.3, -0.25) is 4.98 Å². The summed E-state index contributed by atoms with van der Waals surface area (Å²) in [4.78, 5) is 8.98. The SMILES string of the molecule is ClCCc1nc(-c2cncs2)no1. The minimum absolute atomic E-state index is 0.490. The minimum Gasteiger partial charge on any atom is -0.339 e. The summed E-state index contributed by atoms with van der Waals surface area (Å²) in [5, 5.41) is 3.80. The Bertz CT molecular complexity index is 373. The van der Waals surface area contributed by atoms with E-state index < -0.39 is 0 Å². The fourth-order valence-electron chi connectivity index (χ4n) is 0.864. The van der Waals surface area contributed by atoms with E-state index in [1.807, 2.05) is 0 Å². The number of aromatic nitrogens is 3. The maximum Gasteiger partial charge on any atom is 0.228 e. The first-order valence-electron chi connectivity index (χ1n) is 3.67. The quantitative estimate of drug-likeness (QED) is 0.735. The Morgan fingerprint density at radius 2 is 2.46 bits per heavy atom. The molecule has 0 radical (unpaired) electrons. The Hall–Kier alpha value is -0.940. The second-order valence-electron chi connectivity index (χ2n) is 2.32. The van der Waals surface area contributed by atoms with Crippen LogP contribution in [0.25, 0.3) is 10.7 Å². The molecule has 0 spiro atoms. The van der Waals surface area contributed by atoms with Crippen molar-refractivity contribution in [3.8, 4) is 10.7 Å². The summed E-state index contributed by atoms with van der Waals surface area (Å²) in [6, 6.07) is 0. The van der Waals surface area contributed by atoms with Gasteiger partial charge in [0.1, 0.15) is 0 Å². The lowest BCUT2D eigenvalue weighted by atomic mass is 10.5. The van der Waals surface area contributed by atoms with Gasteiger partial charge < -0.3 is 4.52 Å². The van der Waals surface area contributed by atoms with Gasteiger partial charge in [0.15, 0.2) is 0 Å². The number of nitrogens with zero attached hydrogens (tertiary/aromatic N) is 3. The zero-order chi connectivity index (χ0) is 9.10. The molecule has 0 aliphatic rings. The van der Waals surface area contributed by atoms with Gasteiger partial charge in [-0.2, -0.15) is 4.98 Å². The summed E-state index contributed by atoms with van der Waals surface area (Å²) in [5.74, 6) is 1.64. The van der Waals surface area contributed by atoms with Crippen LogP contribution in [-0.2, 0) is 6.42 Å². The molecule has 0 saturated carbocycles. The van der Waals surface area contributed by atoms with Crippen molar-refractivity contribution in [2.45, 2.75) is 6.42 Å². The molecule has 0 fully saturated rings. The third-order valence-corrected chi connectivity index (χ3v) is 2.39. The third-order valence-electron chi connectivity index (χ3n) is 1.43. The third kappa shape index (κ3) is 1.87. The Balaban J connectivity index is 2.23. The lowest BCUT2D eigenvalue weighted by Gasteiger charge is -1.82. The van der Waals surface area contributed by atoms with Crippen LogP contribution in [0.15, 0.2) is 16.2 Å². The van der Waals surface area contributed by atoms with Gasteiger partial charge in [-0.15, -0.1) is 22.9 Å². The first-order valence-corrected chi connectivity index (χ1v) is 5.09. The minimum atomic E-state index is 0.490. The van der Waals surface area contributed by atoms with Crippen molar-refractivity contribution >= 4 is 22.9 Å². The average molecular weight is 216 g/mol. The molecule has 6 heteroatoms. The number of rotatable bonds is 3. The number of halogens is 1. The van der Waals surface area contributed by atoms with E-state index in [2.05, 4.69) is 15.1 Å². The summed E-state index contributed by atoms with van der Waals surface area (Å²) in [7, 11) is 0. The highest BCUT2D eigenvalue weighted by atomic mass is 35.5. The van der Waals surface area contributed by atoms with Crippen molar-refractivity contribution < 1.29 is 4.52 Å². The summed E-state index contributed by atoms with van der Waals surface area (Å²) in [6.45, 7) is 0. The van der Waals surface area contributed by atoms with Gasteiger partial charge in [-0.25, -0.2) is 0 Å². The van der Waals surface area contributed by atoms with Crippen molar-refractivity contribution in [1.29, 1.82) is 0 Å². The molecule has 0 atom stereocenters. The summed E-state index contributed by atoms with van der Waals surface area (Å²) in [6.07, 6.45) is 2.31. The van der Waals surface area contributed by atoms with Crippen molar-refractivity contribution in [1.82, 2.24) is 15.1 Å². The average Bonchev–Trinajstić information content (AvgIpc) is 2.70. The van der Waals surface area contributed by atoms with Gasteiger partial charge in [-0.05, 0) is 0 Å². The van der Waals surface area contributed by atoms with Crippen LogP contribution in [0.2, 0.25) is 0 Å². The number of thiazole rings is 1. The van der Waals surface area contributed by atoms with Crippen LogP contribution in [0, 0.1) is 0 Å². The first kappa shape index (κ1) is 8.65. The molecule has 13 heavy (non-hydrogen) atoms. The number of hydrogen-bond acceptors (Lipinski definition) is 5. The molecule has 68 valence electrons. The van der Waals surface area contributed by atoms with Crippen LogP contribution >= 0.6 is 22.9 Å². The van der Waals surface area contributed by atoms with Gasteiger partial charge in [0.05, 0.1) is 10.4 Å². The summed E-state index contributed by atoms with van der Waals surface area (Å²) < 4.78 is 4.96. The zero-order valence-electron chi connectivity index (χ0n) is 6.61. The van der Waals surface area contributed by atoms with Crippen molar-refractivity contribution in [2.75, 3.05) is 5.88 Å². The van der Waals surface area contributed by atoms with Gasteiger partial charge in [0.2, 0.25) is 11.7 Å². The van der Waals surface area contributed by atoms with E-state index in [0.29, 0.717) is 24.0 Å². The fraction of sp³-hybridized carbons (Fsp3) is 0.286. The molecule has 2 heterocycles. The predicted octanol–water partition coefficient (Wildman–Crippen LogP) is 1.97. The van der Waals surface area contributed by atoms with Gasteiger partial charge in [0, 0.05) is 18.5 Å². The monoisotopic (exact) mass is 215 g/mol. The van der Waals surface area contributed by atoms with Gasteiger partial charge >= 0.3 is 0 Å². The maximum atomic E-state index is 5.53. The van der Waals surface area contributed by atoms with Crippen molar-refractivity contribution in [2.24, 2.45) is 0 Å². The lowest BCUT2D eigenvalue weighted by Crippen LogP contribution is -1.84. The summed E-state index contributed by atoms with van der Waals surface area (Å²) >= 11 is 7.01. The van der Waals surface area contributed by atoms with E-state index in [1.54, 1.807) is 11.7 Å². The Morgan fingerprint density at radius 3 is 3.15 bits per heavy atom. The van der Waals surface area contributed by atoms with E-state index in [4.69, 9.17) is 16.1 Å². The fourth-order valence-corrected chi connectivity index (χ4v) is 1.57. The topological polar surface area (TPSA) is 51.8 Å². The smallest absolute Gasteiger partial charge is 0.228 e. The number of alkyl halides is 1. The molecular formula is C7H6ClN3OS. The van der Waals surface area contributed by atoms with Crippen LogP contribution in [0.3, 0.4) is 0 Å². The Kier molecular flexibility index (Phi) is 2.56. The molecule has 0 aliphatic heterocycles. The lowest BCUT2D eigenvalue weighted by molar-refractivity contribution is 0.383. The van der Waals surface area contributed by atoms with E-state index in [1.165, 1.54) is 11.3 Å². The molecule has 0 aliphatic carbocycles. The standard InChI is InChI=1S/C7H6ClN3OS/c8-2-1-6-10-7(11-12-6)5-3-9-4-13-5/h3-4H,1-2H2. The zero-order valence-corrected chi connectivity index (χ0v) is 8.18. The van der Waals surface area contributed by atoms with E-state index in [0.717, 1.165) is 4.88 Å². The molecule has 2 aromatic heterocycles. The van der Waals surface area contributed by atoms with E-state index in [-0.39, 0.29) is 0 Å². The molecule has 0 unspecified atom stereocenters. The molecule has 0 aromatic carbocycles. The predicted molar refractivity (Wildman–Crippen MR) is 49.8 cm³/mol. The first-order chi connectivity index (χ1) is 6.40. The van der Waals surface area contributed by atoms with Crippen LogP contribution in [0.1, 0.15) is 5.89 Å². The molecule has 2 rings (SSSR count). The normalized spacial score (nSPS) is 10.5. The second-order valence-corrected chi connectivity index (χ2v) is 3.58. The van der Waals surface area contributed by atoms with Crippen LogP contribution in [0.5, 0.6) is 0 Å². The molecule has 2 aromatic rings. The van der Waals surface area contributed by atoms with Crippen LogP contribution in [-0.4, -0.2) is 21.0 Å². The Labute approximate surface area is 83.6 Å². The van der Waals surface area contributed by atoms with E-state index in [9.17, 15) is 0 Å². The molecule has 0 saturated heterocycles. The molecule has 0 amide bonds. The molecular weight excluding hydrogens is 210 g/mol. The van der Waals surface area contributed by atoms with E-state index >= 15 is 0 Å². The van der Waals surface area contributed by atoms with Crippen LogP contribution < -0.4 is 0 Å². The molecule has 4 nitrogen and oxygen atoms in total. The van der Waals surface area contributed by atoms with Gasteiger partial charge in [0.25, 0.3) is 0 Å². The van der Waals surface area contributed by atoms with Crippen molar-refractivity contribution in [3.63, 3.8) is 0 Å². The summed E-state index contributed by atoms with van der Waals surface area (Å²) in [5.41, 5.74) is 1.73. The van der Waals surface area contributed by atoms with Gasteiger partial charge in [-0.1, -0.05) is 5.16 Å². The Morgan fingerprint density at radius 1 is 1.54 bits per heavy atom.